The smallest absolute Gasteiger partial charge is 0.330 e. The fourth-order valence-corrected chi connectivity index (χ4v) is 4.44. The van der Waals surface area contributed by atoms with Crippen molar-refractivity contribution in [3.05, 3.63) is 44.9 Å². The summed E-state index contributed by atoms with van der Waals surface area (Å²) in [6.45, 7) is 4.84. The van der Waals surface area contributed by atoms with Gasteiger partial charge in [0.05, 0.1) is 20.8 Å². The number of aryl methyl sites for hydroxylation is 2. The Bertz CT molecular complexity index is 1230. The Morgan fingerprint density at radius 2 is 1.79 bits per heavy atom. The number of H-pyrrole nitrogens is 1. The molecule has 1 aromatic carbocycles. The molecule has 1 aliphatic rings. The maximum Gasteiger partial charge on any atom is 0.330 e. The number of fused-ring (bicyclic) bond motifs is 1. The van der Waals surface area contributed by atoms with Crippen LogP contribution in [0.4, 0.5) is 0 Å². The summed E-state index contributed by atoms with van der Waals surface area (Å²) in [5.41, 5.74) is 0.0978. The third-order valence-corrected chi connectivity index (χ3v) is 6.41. The molecule has 0 bridgehead atoms. The van der Waals surface area contributed by atoms with E-state index in [2.05, 4.69) is 16.8 Å². The SMILES string of the molecule is CCCCn1c(=O)[nH]c(=O)c2c1nc(CN1CCC(Oc3c(OC)cccc3OC)CC1)n2C. The fraction of sp³-hybridized carbons (Fsp3) is 0.542. The van der Waals surface area contributed by atoms with Crippen molar-refractivity contribution in [3.63, 3.8) is 0 Å². The predicted octanol–water partition coefficient (Wildman–Crippen LogP) is 2.28. The number of unbranched alkanes of at least 4 members (excludes halogenated alkanes) is 1. The molecule has 0 saturated carbocycles. The number of methoxy groups -OCH3 is 2. The van der Waals surface area contributed by atoms with Gasteiger partial charge in [0.2, 0.25) is 5.75 Å². The first-order chi connectivity index (χ1) is 16.5. The van der Waals surface area contributed by atoms with Gasteiger partial charge < -0.3 is 18.8 Å². The molecule has 1 aliphatic heterocycles. The van der Waals surface area contributed by atoms with E-state index in [-0.39, 0.29) is 6.10 Å². The number of ether oxygens (including phenoxy) is 3. The molecule has 1 saturated heterocycles. The molecule has 0 unspecified atom stereocenters. The molecule has 4 rings (SSSR count). The Kier molecular flexibility index (Phi) is 7.26. The molecule has 1 N–H and O–H groups in total. The summed E-state index contributed by atoms with van der Waals surface area (Å²) in [5.74, 6) is 2.70. The van der Waals surface area contributed by atoms with Crippen LogP contribution in [0.3, 0.4) is 0 Å². The number of imidazole rings is 1. The Morgan fingerprint density at radius 1 is 1.12 bits per heavy atom. The van der Waals surface area contributed by atoms with Crippen LogP contribution in [-0.2, 0) is 20.1 Å². The van der Waals surface area contributed by atoms with Crippen LogP contribution in [0.5, 0.6) is 17.2 Å². The van der Waals surface area contributed by atoms with Crippen molar-refractivity contribution in [1.82, 2.24) is 24.0 Å². The molecule has 0 radical (unpaired) electrons. The van der Waals surface area contributed by atoms with Gasteiger partial charge in [0, 0.05) is 26.7 Å². The van der Waals surface area contributed by atoms with Gasteiger partial charge in [-0.1, -0.05) is 19.4 Å². The van der Waals surface area contributed by atoms with Gasteiger partial charge in [-0.15, -0.1) is 0 Å². The highest BCUT2D eigenvalue weighted by atomic mass is 16.5. The fourth-order valence-electron chi connectivity index (χ4n) is 4.44. The second-order valence-corrected chi connectivity index (χ2v) is 8.61. The summed E-state index contributed by atoms with van der Waals surface area (Å²) in [6.07, 6.45) is 3.52. The van der Waals surface area contributed by atoms with Gasteiger partial charge in [-0.3, -0.25) is 19.2 Å². The zero-order chi connectivity index (χ0) is 24.2. The minimum Gasteiger partial charge on any atom is -0.493 e. The Hall–Kier alpha value is -3.27. The lowest BCUT2D eigenvalue weighted by atomic mass is 10.1. The third kappa shape index (κ3) is 4.68. The van der Waals surface area contributed by atoms with Crippen molar-refractivity contribution in [2.24, 2.45) is 7.05 Å². The Balaban J connectivity index is 1.47. The van der Waals surface area contributed by atoms with E-state index in [9.17, 15) is 9.59 Å². The molecule has 0 amide bonds. The van der Waals surface area contributed by atoms with Crippen LogP contribution >= 0.6 is 0 Å². The summed E-state index contributed by atoms with van der Waals surface area (Å²) >= 11 is 0. The number of piperidine rings is 1. The lowest BCUT2D eigenvalue weighted by Crippen LogP contribution is -2.38. The highest BCUT2D eigenvalue weighted by Crippen LogP contribution is 2.38. The highest BCUT2D eigenvalue weighted by molar-refractivity contribution is 5.70. The predicted molar refractivity (Wildman–Crippen MR) is 129 cm³/mol. The average molecular weight is 472 g/mol. The van der Waals surface area contributed by atoms with Crippen molar-refractivity contribution in [2.75, 3.05) is 27.3 Å². The number of para-hydroxylation sites is 1. The molecule has 2 aromatic heterocycles. The molecule has 0 atom stereocenters. The molecule has 10 heteroatoms. The van der Waals surface area contributed by atoms with E-state index in [4.69, 9.17) is 19.2 Å². The number of nitrogens with zero attached hydrogens (tertiary/aromatic N) is 4. The number of benzene rings is 1. The topological polar surface area (TPSA) is 104 Å². The number of nitrogens with one attached hydrogen (secondary N) is 1. The molecule has 34 heavy (non-hydrogen) atoms. The van der Waals surface area contributed by atoms with Crippen LogP contribution in [0.15, 0.2) is 27.8 Å². The average Bonchev–Trinajstić information content (AvgIpc) is 3.16. The van der Waals surface area contributed by atoms with E-state index in [1.165, 1.54) is 0 Å². The largest absolute Gasteiger partial charge is 0.493 e. The molecule has 3 heterocycles. The van der Waals surface area contributed by atoms with Crippen molar-refractivity contribution in [1.29, 1.82) is 0 Å². The molecule has 0 spiro atoms. The Morgan fingerprint density at radius 3 is 2.41 bits per heavy atom. The summed E-state index contributed by atoms with van der Waals surface area (Å²) in [6, 6.07) is 5.60. The molecular weight excluding hydrogens is 438 g/mol. The standard InChI is InChI=1S/C24H33N5O5/c1-5-6-12-29-22-20(23(30)26-24(29)31)27(2)19(25-22)15-28-13-10-16(11-14-28)34-21-17(32-3)8-7-9-18(21)33-4/h7-9,16H,5-6,10-15H2,1-4H3,(H,26,30,31). The molecule has 1 fully saturated rings. The molecular formula is C24H33N5O5. The zero-order valence-electron chi connectivity index (χ0n) is 20.3. The van der Waals surface area contributed by atoms with Gasteiger partial charge >= 0.3 is 5.69 Å². The van der Waals surface area contributed by atoms with Gasteiger partial charge in [0.15, 0.2) is 22.7 Å². The number of hydrogen-bond donors (Lipinski definition) is 1. The summed E-state index contributed by atoms with van der Waals surface area (Å²) < 4.78 is 20.5. The maximum absolute atomic E-state index is 12.5. The second kappa shape index (κ2) is 10.3. The van der Waals surface area contributed by atoms with E-state index in [1.54, 1.807) is 23.4 Å². The van der Waals surface area contributed by atoms with Crippen molar-refractivity contribution >= 4 is 11.2 Å². The number of rotatable bonds is 9. The monoisotopic (exact) mass is 471 g/mol. The first-order valence-electron chi connectivity index (χ1n) is 11.7. The molecule has 184 valence electrons. The zero-order valence-corrected chi connectivity index (χ0v) is 20.3. The molecule has 0 aliphatic carbocycles. The van der Waals surface area contributed by atoms with Crippen LogP contribution < -0.4 is 25.5 Å². The highest BCUT2D eigenvalue weighted by Gasteiger charge is 2.25. The van der Waals surface area contributed by atoms with Crippen LogP contribution in [0.25, 0.3) is 11.2 Å². The van der Waals surface area contributed by atoms with Crippen LogP contribution in [-0.4, -0.2) is 57.4 Å². The van der Waals surface area contributed by atoms with Gasteiger partial charge in [-0.05, 0) is 31.4 Å². The lowest BCUT2D eigenvalue weighted by molar-refractivity contribution is 0.0900. The van der Waals surface area contributed by atoms with Gasteiger partial charge in [0.1, 0.15) is 11.9 Å². The van der Waals surface area contributed by atoms with Gasteiger partial charge in [-0.2, -0.15) is 0 Å². The van der Waals surface area contributed by atoms with Gasteiger partial charge in [-0.25, -0.2) is 9.78 Å². The first kappa shape index (κ1) is 23.9. The molecule has 10 nitrogen and oxygen atoms in total. The van der Waals surface area contributed by atoms with Crippen molar-refractivity contribution in [2.45, 2.75) is 51.8 Å². The summed E-state index contributed by atoms with van der Waals surface area (Å²) in [4.78, 5) is 34.3. The molecule has 3 aromatic rings. The quantitative estimate of drug-likeness (QED) is 0.511. The first-order valence-corrected chi connectivity index (χ1v) is 11.7. The summed E-state index contributed by atoms with van der Waals surface area (Å²) in [5, 5.41) is 0. The van der Waals surface area contributed by atoms with E-state index in [0.29, 0.717) is 41.5 Å². The van der Waals surface area contributed by atoms with Crippen molar-refractivity contribution < 1.29 is 14.2 Å². The van der Waals surface area contributed by atoms with Crippen molar-refractivity contribution in [3.8, 4) is 17.2 Å². The number of likely N-dealkylation sites (tertiary alicyclic amines) is 1. The normalized spacial score (nSPS) is 15.1. The van der Waals surface area contributed by atoms with Crippen LogP contribution in [0.2, 0.25) is 0 Å². The Labute approximate surface area is 198 Å². The third-order valence-electron chi connectivity index (χ3n) is 6.41. The van der Waals surface area contributed by atoms with Crippen LogP contribution in [0, 0.1) is 0 Å². The number of aromatic nitrogens is 4. The minimum atomic E-state index is -0.402. The van der Waals surface area contributed by atoms with E-state index >= 15 is 0 Å². The second-order valence-electron chi connectivity index (χ2n) is 8.61. The number of aromatic amines is 1. The lowest BCUT2D eigenvalue weighted by Gasteiger charge is -2.32. The number of hydrogen-bond acceptors (Lipinski definition) is 7. The maximum atomic E-state index is 12.5. The van der Waals surface area contributed by atoms with Gasteiger partial charge in [0.25, 0.3) is 5.56 Å². The van der Waals surface area contributed by atoms with E-state index < -0.39 is 11.2 Å². The van der Waals surface area contributed by atoms with E-state index in [1.807, 2.05) is 25.2 Å². The van der Waals surface area contributed by atoms with Crippen LogP contribution in [0.1, 0.15) is 38.4 Å². The minimum absolute atomic E-state index is 0.0453. The van der Waals surface area contributed by atoms with E-state index in [0.717, 1.165) is 44.6 Å². The summed E-state index contributed by atoms with van der Waals surface area (Å²) in [7, 11) is 5.07.